The first-order chi connectivity index (χ1) is 15.9. The monoisotopic (exact) mass is 500 g/mol. The third-order valence-electron chi connectivity index (χ3n) is 4.83. The number of benzene rings is 2. The van der Waals surface area contributed by atoms with Crippen molar-refractivity contribution in [3.05, 3.63) is 58.4 Å². The van der Waals surface area contributed by atoms with Gasteiger partial charge < -0.3 is 10.1 Å². The number of rotatable bonds is 6. The molecule has 0 unspecified atom stereocenters. The van der Waals surface area contributed by atoms with Gasteiger partial charge in [-0.25, -0.2) is 0 Å². The molecular formula is C22H21ClN6O2S2. The van der Waals surface area contributed by atoms with Crippen LogP contribution in [0.1, 0.15) is 35.6 Å². The lowest BCUT2D eigenvalue weighted by atomic mass is 10.1. The Morgan fingerprint density at radius 3 is 2.76 bits per heavy atom. The van der Waals surface area contributed by atoms with Gasteiger partial charge in [-0.3, -0.25) is 10.1 Å². The fraction of sp³-hybridized carbons (Fsp3) is 0.227. The van der Waals surface area contributed by atoms with Crippen molar-refractivity contribution in [2.45, 2.75) is 27.2 Å². The van der Waals surface area contributed by atoms with Crippen molar-refractivity contribution >= 4 is 56.8 Å². The van der Waals surface area contributed by atoms with Crippen LogP contribution in [-0.4, -0.2) is 37.4 Å². The molecule has 0 saturated heterocycles. The second-order valence-electron chi connectivity index (χ2n) is 7.09. The molecule has 0 saturated carbocycles. The van der Waals surface area contributed by atoms with Crippen LogP contribution < -0.4 is 15.4 Å². The van der Waals surface area contributed by atoms with E-state index in [1.54, 1.807) is 22.7 Å². The summed E-state index contributed by atoms with van der Waals surface area (Å²) in [5, 5.41) is 20.1. The molecule has 0 atom stereocenters. The van der Waals surface area contributed by atoms with Crippen molar-refractivity contribution in [3.8, 4) is 16.3 Å². The lowest BCUT2D eigenvalue weighted by Crippen LogP contribution is -2.34. The molecule has 8 nitrogen and oxygen atoms in total. The second-order valence-corrected chi connectivity index (χ2v) is 8.86. The SMILES string of the molecule is CCOc1ccc(C(=O)NC(=S)Nc2cc(-c3nn4c(CC)nnc4s3)ccc2C)cc1Cl. The van der Waals surface area contributed by atoms with Crippen molar-refractivity contribution in [2.24, 2.45) is 0 Å². The van der Waals surface area contributed by atoms with E-state index in [2.05, 4.69) is 25.9 Å². The topological polar surface area (TPSA) is 93.4 Å². The Kier molecular flexibility index (Phi) is 6.87. The summed E-state index contributed by atoms with van der Waals surface area (Å²) in [6.07, 6.45) is 0.749. The zero-order chi connectivity index (χ0) is 23.5. The van der Waals surface area contributed by atoms with Gasteiger partial charge in [0.15, 0.2) is 10.9 Å². The number of carbonyl (C=O) groups is 1. The molecule has 4 aromatic rings. The molecule has 170 valence electrons. The van der Waals surface area contributed by atoms with Crippen molar-refractivity contribution in [2.75, 3.05) is 11.9 Å². The smallest absolute Gasteiger partial charge is 0.257 e. The fourth-order valence-electron chi connectivity index (χ4n) is 3.13. The molecule has 2 aromatic carbocycles. The van der Waals surface area contributed by atoms with E-state index in [4.69, 9.17) is 28.6 Å². The van der Waals surface area contributed by atoms with Crippen LogP contribution in [0.4, 0.5) is 5.69 Å². The predicted molar refractivity (Wildman–Crippen MR) is 135 cm³/mol. The van der Waals surface area contributed by atoms with Crippen molar-refractivity contribution < 1.29 is 9.53 Å². The molecule has 0 radical (unpaired) electrons. The number of aromatic nitrogens is 4. The van der Waals surface area contributed by atoms with Crippen LogP contribution in [0.2, 0.25) is 5.02 Å². The van der Waals surface area contributed by atoms with Crippen LogP contribution in [0.5, 0.6) is 5.75 Å². The average molecular weight is 501 g/mol. The van der Waals surface area contributed by atoms with E-state index in [1.807, 2.05) is 39.0 Å². The standard InChI is InChI=1S/C22H21ClN6O2S2/c1-4-18-26-27-22-29(18)28-20(33-22)14-7-6-12(3)16(11-14)24-21(32)25-19(30)13-8-9-17(31-5-2)15(23)10-13/h6-11H,4-5H2,1-3H3,(H2,24,25,30,32). The Morgan fingerprint density at radius 1 is 1.21 bits per heavy atom. The highest BCUT2D eigenvalue weighted by Gasteiger charge is 2.15. The van der Waals surface area contributed by atoms with E-state index in [-0.39, 0.29) is 11.0 Å². The molecule has 2 aromatic heterocycles. The van der Waals surface area contributed by atoms with Gasteiger partial charge in [-0.05, 0) is 55.9 Å². The highest BCUT2D eigenvalue weighted by molar-refractivity contribution is 7.80. The van der Waals surface area contributed by atoms with E-state index in [9.17, 15) is 4.79 Å². The van der Waals surface area contributed by atoms with E-state index in [0.717, 1.165) is 39.0 Å². The maximum atomic E-state index is 12.6. The van der Waals surface area contributed by atoms with Crippen molar-refractivity contribution in [1.82, 2.24) is 25.1 Å². The number of aryl methyl sites for hydroxylation is 2. The summed E-state index contributed by atoms with van der Waals surface area (Å²) in [6.45, 7) is 6.32. The number of ether oxygens (including phenoxy) is 1. The Morgan fingerprint density at radius 2 is 2.03 bits per heavy atom. The van der Waals surface area contributed by atoms with Gasteiger partial charge in [0.2, 0.25) is 4.96 Å². The minimum Gasteiger partial charge on any atom is -0.492 e. The summed E-state index contributed by atoms with van der Waals surface area (Å²) in [5.41, 5.74) is 3.03. The van der Waals surface area contributed by atoms with E-state index < -0.39 is 0 Å². The van der Waals surface area contributed by atoms with Crippen molar-refractivity contribution in [1.29, 1.82) is 0 Å². The summed E-state index contributed by atoms with van der Waals surface area (Å²) in [6, 6.07) is 10.8. The molecule has 2 N–H and O–H groups in total. The molecule has 1 amide bonds. The highest BCUT2D eigenvalue weighted by atomic mass is 35.5. The summed E-state index contributed by atoms with van der Waals surface area (Å²) in [4.78, 5) is 13.4. The first-order valence-electron chi connectivity index (χ1n) is 10.3. The van der Waals surface area contributed by atoms with Crippen LogP contribution >= 0.6 is 35.2 Å². The third kappa shape index (κ3) is 4.97. The number of carbonyl (C=O) groups excluding carboxylic acids is 1. The molecule has 0 aliphatic rings. The van der Waals surface area contributed by atoms with Gasteiger partial charge in [-0.1, -0.05) is 42.0 Å². The zero-order valence-corrected chi connectivity index (χ0v) is 20.6. The number of hydrogen-bond donors (Lipinski definition) is 2. The zero-order valence-electron chi connectivity index (χ0n) is 18.2. The second kappa shape index (κ2) is 9.82. The van der Waals surface area contributed by atoms with Crippen LogP contribution in [0.25, 0.3) is 15.5 Å². The lowest BCUT2D eigenvalue weighted by molar-refractivity contribution is 0.0977. The van der Waals surface area contributed by atoms with Gasteiger partial charge in [0.05, 0.1) is 11.6 Å². The summed E-state index contributed by atoms with van der Waals surface area (Å²) < 4.78 is 7.17. The Bertz CT molecular complexity index is 1350. The molecule has 0 spiro atoms. The average Bonchev–Trinajstić information content (AvgIpc) is 3.37. The minimum atomic E-state index is -0.369. The number of fused-ring (bicyclic) bond motifs is 1. The largest absolute Gasteiger partial charge is 0.492 e. The van der Waals surface area contributed by atoms with Gasteiger partial charge >= 0.3 is 0 Å². The van der Waals surface area contributed by atoms with Crippen LogP contribution in [0.15, 0.2) is 36.4 Å². The molecular weight excluding hydrogens is 480 g/mol. The van der Waals surface area contributed by atoms with E-state index in [1.165, 1.54) is 11.3 Å². The molecule has 0 aliphatic heterocycles. The number of amides is 1. The van der Waals surface area contributed by atoms with Crippen molar-refractivity contribution in [3.63, 3.8) is 0 Å². The van der Waals surface area contributed by atoms with E-state index in [0.29, 0.717) is 22.9 Å². The first-order valence-corrected chi connectivity index (χ1v) is 11.9. The predicted octanol–water partition coefficient (Wildman–Crippen LogP) is 4.90. The summed E-state index contributed by atoms with van der Waals surface area (Å²) in [7, 11) is 0. The molecule has 4 rings (SSSR count). The minimum absolute atomic E-state index is 0.177. The number of halogens is 1. The van der Waals surface area contributed by atoms with Gasteiger partial charge in [0.1, 0.15) is 10.8 Å². The van der Waals surface area contributed by atoms with Crippen LogP contribution in [0, 0.1) is 6.92 Å². The van der Waals surface area contributed by atoms with Gasteiger partial charge in [0, 0.05) is 23.2 Å². The maximum absolute atomic E-state index is 12.6. The fourth-order valence-corrected chi connectivity index (χ4v) is 4.42. The van der Waals surface area contributed by atoms with Crippen LogP contribution in [-0.2, 0) is 6.42 Å². The molecule has 2 heterocycles. The normalized spacial score (nSPS) is 10.9. The molecule has 11 heteroatoms. The summed E-state index contributed by atoms with van der Waals surface area (Å²) in [5.74, 6) is 0.976. The maximum Gasteiger partial charge on any atom is 0.257 e. The number of nitrogens with zero attached hydrogens (tertiary/aromatic N) is 4. The number of hydrogen-bond acceptors (Lipinski definition) is 7. The Balaban J connectivity index is 1.49. The Hall–Kier alpha value is -3.08. The molecule has 0 bridgehead atoms. The Labute approximate surface area is 204 Å². The van der Waals surface area contributed by atoms with Gasteiger partial charge in [0.25, 0.3) is 5.91 Å². The summed E-state index contributed by atoms with van der Waals surface area (Å²) >= 11 is 13.0. The quantitative estimate of drug-likeness (QED) is 0.363. The third-order valence-corrected chi connectivity index (χ3v) is 6.27. The molecule has 33 heavy (non-hydrogen) atoms. The van der Waals surface area contributed by atoms with E-state index >= 15 is 0 Å². The number of thiocarbonyl (C=S) groups is 1. The number of anilines is 1. The molecule has 0 aliphatic carbocycles. The van der Waals surface area contributed by atoms with Gasteiger partial charge in [-0.2, -0.15) is 9.61 Å². The van der Waals surface area contributed by atoms with Gasteiger partial charge in [-0.15, -0.1) is 10.2 Å². The number of nitrogens with one attached hydrogen (secondary N) is 2. The highest BCUT2D eigenvalue weighted by Crippen LogP contribution is 2.29. The first kappa shape index (κ1) is 23.1. The van der Waals surface area contributed by atoms with Crippen LogP contribution in [0.3, 0.4) is 0 Å². The lowest BCUT2D eigenvalue weighted by Gasteiger charge is -2.13. The molecule has 0 fully saturated rings.